The fraction of sp³-hybridized carbons (Fsp3) is 0.538. The van der Waals surface area contributed by atoms with Gasteiger partial charge in [-0.15, -0.1) is 0 Å². The maximum absolute atomic E-state index is 6.06. The third-order valence-corrected chi connectivity index (χ3v) is 2.86. The molecule has 0 bridgehead atoms. The van der Waals surface area contributed by atoms with Crippen molar-refractivity contribution in [2.75, 3.05) is 33.8 Å². The van der Waals surface area contributed by atoms with Gasteiger partial charge in [-0.1, -0.05) is 11.6 Å². The van der Waals surface area contributed by atoms with Gasteiger partial charge in [0.05, 0.1) is 7.11 Å². The molecule has 2 N–H and O–H groups in total. The topological polar surface area (TPSA) is 33.3 Å². The summed E-state index contributed by atoms with van der Waals surface area (Å²) in [7, 11) is 3.65. The Morgan fingerprint density at radius 3 is 2.65 bits per heavy atom. The molecule has 17 heavy (non-hydrogen) atoms. The first-order valence-electron chi connectivity index (χ1n) is 5.87. The van der Waals surface area contributed by atoms with Gasteiger partial charge in [-0.25, -0.2) is 0 Å². The van der Waals surface area contributed by atoms with Crippen LogP contribution in [0.2, 0.25) is 5.02 Å². The Morgan fingerprint density at radius 1 is 1.24 bits per heavy atom. The standard InChI is InChI=1S/C13H21ClN2O/c1-10-8-12(14)9-11(13(10)17-3)4-5-16-7-6-15-2/h8-9,15-16H,4-7H2,1-3H3. The maximum atomic E-state index is 6.06. The summed E-state index contributed by atoms with van der Waals surface area (Å²) in [6.45, 7) is 4.89. The van der Waals surface area contributed by atoms with Gasteiger partial charge in [0.2, 0.25) is 0 Å². The van der Waals surface area contributed by atoms with Crippen LogP contribution in [-0.4, -0.2) is 33.8 Å². The van der Waals surface area contributed by atoms with E-state index in [1.54, 1.807) is 7.11 Å². The number of halogens is 1. The van der Waals surface area contributed by atoms with Gasteiger partial charge in [0.15, 0.2) is 0 Å². The van der Waals surface area contributed by atoms with Crippen LogP contribution in [-0.2, 0) is 6.42 Å². The molecule has 0 heterocycles. The molecule has 96 valence electrons. The van der Waals surface area contributed by atoms with Crippen LogP contribution in [0.25, 0.3) is 0 Å². The molecule has 1 aromatic rings. The van der Waals surface area contributed by atoms with Crippen molar-refractivity contribution in [3.8, 4) is 5.75 Å². The minimum absolute atomic E-state index is 0.772. The number of likely N-dealkylation sites (N-methyl/N-ethyl adjacent to an activating group) is 1. The number of nitrogens with one attached hydrogen (secondary N) is 2. The number of hydrogen-bond acceptors (Lipinski definition) is 3. The highest BCUT2D eigenvalue weighted by Crippen LogP contribution is 2.27. The highest BCUT2D eigenvalue weighted by Gasteiger charge is 2.07. The van der Waals surface area contributed by atoms with E-state index in [-0.39, 0.29) is 0 Å². The van der Waals surface area contributed by atoms with E-state index in [1.807, 2.05) is 26.1 Å². The van der Waals surface area contributed by atoms with Crippen molar-refractivity contribution in [1.82, 2.24) is 10.6 Å². The lowest BCUT2D eigenvalue weighted by atomic mass is 10.1. The normalized spacial score (nSPS) is 10.6. The summed E-state index contributed by atoms with van der Waals surface area (Å²) in [5, 5.41) is 7.23. The number of ether oxygens (including phenoxy) is 1. The Hall–Kier alpha value is -0.770. The van der Waals surface area contributed by atoms with Crippen LogP contribution in [0.3, 0.4) is 0 Å². The molecule has 0 saturated carbocycles. The van der Waals surface area contributed by atoms with Gasteiger partial charge in [0.25, 0.3) is 0 Å². The fourth-order valence-electron chi connectivity index (χ4n) is 1.84. The molecule has 1 rings (SSSR count). The van der Waals surface area contributed by atoms with Gasteiger partial charge in [0.1, 0.15) is 5.75 Å². The van der Waals surface area contributed by atoms with Crippen molar-refractivity contribution in [3.63, 3.8) is 0 Å². The lowest BCUT2D eigenvalue weighted by molar-refractivity contribution is 0.406. The maximum Gasteiger partial charge on any atom is 0.125 e. The highest BCUT2D eigenvalue weighted by atomic mass is 35.5. The van der Waals surface area contributed by atoms with Gasteiger partial charge < -0.3 is 15.4 Å². The van der Waals surface area contributed by atoms with Crippen molar-refractivity contribution in [2.24, 2.45) is 0 Å². The predicted octanol–water partition coefficient (Wildman–Crippen LogP) is 2.01. The van der Waals surface area contributed by atoms with E-state index in [4.69, 9.17) is 16.3 Å². The average Bonchev–Trinajstić information content (AvgIpc) is 2.28. The number of methoxy groups -OCH3 is 1. The third kappa shape index (κ3) is 4.54. The summed E-state index contributed by atoms with van der Waals surface area (Å²) in [6, 6.07) is 3.91. The van der Waals surface area contributed by atoms with E-state index in [0.29, 0.717) is 0 Å². The van der Waals surface area contributed by atoms with Crippen molar-refractivity contribution in [1.29, 1.82) is 0 Å². The summed E-state index contributed by atoms with van der Waals surface area (Å²) in [6.07, 6.45) is 0.925. The Bertz CT molecular complexity index is 356. The lowest BCUT2D eigenvalue weighted by Gasteiger charge is -2.12. The van der Waals surface area contributed by atoms with E-state index >= 15 is 0 Å². The molecule has 0 aliphatic rings. The fourth-order valence-corrected chi connectivity index (χ4v) is 2.13. The molecule has 0 aliphatic carbocycles. The second kappa shape index (κ2) is 7.54. The van der Waals surface area contributed by atoms with Crippen molar-refractivity contribution in [2.45, 2.75) is 13.3 Å². The molecule has 0 aliphatic heterocycles. The Balaban J connectivity index is 2.57. The number of benzene rings is 1. The van der Waals surface area contributed by atoms with Gasteiger partial charge in [-0.05, 0) is 50.2 Å². The van der Waals surface area contributed by atoms with Crippen molar-refractivity contribution >= 4 is 11.6 Å². The molecular formula is C13H21ClN2O. The molecule has 0 radical (unpaired) electrons. The first kappa shape index (κ1) is 14.3. The summed E-state index contributed by atoms with van der Waals surface area (Å²) in [5.74, 6) is 0.949. The second-order valence-corrected chi connectivity index (χ2v) is 4.46. The Labute approximate surface area is 109 Å². The molecule has 0 spiro atoms. The smallest absolute Gasteiger partial charge is 0.125 e. The summed E-state index contributed by atoms with van der Waals surface area (Å²) >= 11 is 6.06. The van der Waals surface area contributed by atoms with Gasteiger partial charge in [-0.2, -0.15) is 0 Å². The highest BCUT2D eigenvalue weighted by molar-refractivity contribution is 6.30. The van der Waals surface area contributed by atoms with Crippen LogP contribution < -0.4 is 15.4 Å². The Kier molecular flexibility index (Phi) is 6.34. The molecule has 3 nitrogen and oxygen atoms in total. The quantitative estimate of drug-likeness (QED) is 0.733. The van der Waals surface area contributed by atoms with Gasteiger partial charge in [-0.3, -0.25) is 0 Å². The zero-order valence-electron chi connectivity index (χ0n) is 10.8. The van der Waals surface area contributed by atoms with Gasteiger partial charge >= 0.3 is 0 Å². The van der Waals surface area contributed by atoms with Crippen LogP contribution in [0.4, 0.5) is 0 Å². The molecule has 0 fully saturated rings. The van der Waals surface area contributed by atoms with Gasteiger partial charge in [0, 0.05) is 18.1 Å². The summed E-state index contributed by atoms with van der Waals surface area (Å²) < 4.78 is 5.41. The van der Waals surface area contributed by atoms with Crippen LogP contribution in [0.15, 0.2) is 12.1 Å². The van der Waals surface area contributed by atoms with E-state index in [1.165, 1.54) is 0 Å². The van der Waals surface area contributed by atoms with Crippen LogP contribution in [0.5, 0.6) is 5.75 Å². The minimum Gasteiger partial charge on any atom is -0.496 e. The molecule has 1 aromatic carbocycles. The number of rotatable bonds is 7. The SMILES string of the molecule is CNCCNCCc1cc(Cl)cc(C)c1OC. The van der Waals surface area contributed by atoms with Crippen LogP contribution >= 0.6 is 11.6 Å². The van der Waals surface area contributed by atoms with Crippen molar-refractivity contribution in [3.05, 3.63) is 28.3 Å². The monoisotopic (exact) mass is 256 g/mol. The third-order valence-electron chi connectivity index (χ3n) is 2.64. The average molecular weight is 257 g/mol. The zero-order valence-corrected chi connectivity index (χ0v) is 11.5. The molecule has 0 unspecified atom stereocenters. The van der Waals surface area contributed by atoms with E-state index in [9.17, 15) is 0 Å². The zero-order chi connectivity index (χ0) is 12.7. The molecule has 0 saturated heterocycles. The molecular weight excluding hydrogens is 236 g/mol. The molecule has 0 amide bonds. The summed E-state index contributed by atoms with van der Waals surface area (Å²) in [4.78, 5) is 0. The van der Waals surface area contributed by atoms with E-state index in [2.05, 4.69) is 10.6 Å². The largest absolute Gasteiger partial charge is 0.496 e. The number of hydrogen-bond donors (Lipinski definition) is 2. The van der Waals surface area contributed by atoms with Crippen molar-refractivity contribution < 1.29 is 4.74 Å². The molecule has 0 atom stereocenters. The predicted molar refractivity (Wildman–Crippen MR) is 73.2 cm³/mol. The first-order chi connectivity index (χ1) is 8.19. The number of aryl methyl sites for hydroxylation is 1. The molecule has 0 aromatic heterocycles. The van der Waals surface area contributed by atoms with E-state index in [0.717, 1.165) is 48.0 Å². The lowest BCUT2D eigenvalue weighted by Crippen LogP contribution is -2.26. The minimum atomic E-state index is 0.772. The molecule has 4 heteroatoms. The Morgan fingerprint density at radius 2 is 2.00 bits per heavy atom. The van der Waals surface area contributed by atoms with E-state index < -0.39 is 0 Å². The van der Waals surface area contributed by atoms with Crippen LogP contribution in [0, 0.1) is 6.92 Å². The summed E-state index contributed by atoms with van der Waals surface area (Å²) in [5.41, 5.74) is 2.25. The van der Waals surface area contributed by atoms with Crippen LogP contribution in [0.1, 0.15) is 11.1 Å². The second-order valence-electron chi connectivity index (χ2n) is 4.02. The first-order valence-corrected chi connectivity index (χ1v) is 6.25.